The van der Waals surface area contributed by atoms with Gasteiger partial charge in [-0.05, 0) is 24.6 Å². The van der Waals surface area contributed by atoms with Gasteiger partial charge in [-0.25, -0.2) is 4.79 Å². The maximum Gasteiger partial charge on any atom is 0.318 e. The predicted octanol–water partition coefficient (Wildman–Crippen LogP) is 2.56. The molecule has 1 unspecified atom stereocenters. The Morgan fingerprint density at radius 2 is 1.71 bits per heavy atom. The Kier molecular flexibility index (Phi) is 7.72. The van der Waals surface area contributed by atoms with E-state index < -0.39 is 6.04 Å². The third-order valence-corrected chi connectivity index (χ3v) is 5.31. The van der Waals surface area contributed by atoms with E-state index in [9.17, 15) is 9.59 Å². The number of nitrogens with zero attached hydrogens (tertiary/aromatic N) is 2. The molecule has 1 saturated heterocycles. The summed E-state index contributed by atoms with van der Waals surface area (Å²) < 4.78 is 10.5. The third-order valence-electron chi connectivity index (χ3n) is 5.31. The van der Waals surface area contributed by atoms with E-state index >= 15 is 0 Å². The summed E-state index contributed by atoms with van der Waals surface area (Å²) in [6.45, 7) is 5.38. The van der Waals surface area contributed by atoms with Gasteiger partial charge in [0.2, 0.25) is 5.91 Å². The number of carbonyl (C=O) groups excluding carboxylic acids is 2. The van der Waals surface area contributed by atoms with Gasteiger partial charge in [0, 0.05) is 38.8 Å². The minimum atomic E-state index is -0.693. The van der Waals surface area contributed by atoms with Crippen LogP contribution in [-0.2, 0) is 11.3 Å². The molecule has 0 aliphatic carbocycles. The minimum absolute atomic E-state index is 0.233. The van der Waals surface area contributed by atoms with E-state index in [2.05, 4.69) is 27.7 Å². The number of carbonyl (C=O) groups is 2. The van der Waals surface area contributed by atoms with Crippen LogP contribution < -0.4 is 20.1 Å². The second-order valence-electron chi connectivity index (χ2n) is 7.48. The van der Waals surface area contributed by atoms with Gasteiger partial charge < -0.3 is 25.0 Å². The molecule has 8 nitrogen and oxygen atoms in total. The van der Waals surface area contributed by atoms with Gasteiger partial charge in [-0.3, -0.25) is 9.69 Å². The first-order chi connectivity index (χ1) is 15.0. The molecule has 0 bridgehead atoms. The molecule has 3 rings (SSSR count). The number of nitrogens with one attached hydrogen (secondary N) is 2. The molecule has 2 aromatic rings. The van der Waals surface area contributed by atoms with Gasteiger partial charge in [-0.1, -0.05) is 30.3 Å². The maximum atomic E-state index is 12.6. The topological polar surface area (TPSA) is 83.1 Å². The van der Waals surface area contributed by atoms with Crippen molar-refractivity contribution >= 4 is 17.6 Å². The van der Waals surface area contributed by atoms with Crippen molar-refractivity contribution in [3.8, 4) is 11.5 Å². The molecular formula is C23H30N4O4. The molecule has 1 atom stereocenters. The van der Waals surface area contributed by atoms with Gasteiger partial charge in [0.05, 0.1) is 19.9 Å². The van der Waals surface area contributed by atoms with Crippen molar-refractivity contribution in [2.75, 3.05) is 45.7 Å². The molecule has 0 spiro atoms. The molecule has 0 radical (unpaired) electrons. The van der Waals surface area contributed by atoms with Crippen LogP contribution in [0.15, 0.2) is 48.5 Å². The number of ether oxygens (including phenoxy) is 2. The van der Waals surface area contributed by atoms with Gasteiger partial charge in [0.25, 0.3) is 0 Å². The van der Waals surface area contributed by atoms with E-state index in [0.717, 1.165) is 19.6 Å². The largest absolute Gasteiger partial charge is 0.497 e. The van der Waals surface area contributed by atoms with Gasteiger partial charge in [0.1, 0.15) is 17.5 Å². The van der Waals surface area contributed by atoms with Crippen LogP contribution in [0.3, 0.4) is 0 Å². The lowest BCUT2D eigenvalue weighted by atomic mass is 10.2. The van der Waals surface area contributed by atoms with Crippen molar-refractivity contribution in [2.24, 2.45) is 0 Å². The van der Waals surface area contributed by atoms with Crippen LogP contribution in [-0.4, -0.2) is 68.2 Å². The fourth-order valence-electron chi connectivity index (χ4n) is 3.44. The van der Waals surface area contributed by atoms with E-state index in [1.165, 1.54) is 12.7 Å². The Labute approximate surface area is 183 Å². The number of urea groups is 1. The smallest absolute Gasteiger partial charge is 0.318 e. The molecule has 8 heteroatoms. The predicted molar refractivity (Wildman–Crippen MR) is 119 cm³/mol. The number of methoxy groups -OCH3 is 2. The molecule has 1 heterocycles. The zero-order valence-corrected chi connectivity index (χ0v) is 18.3. The summed E-state index contributed by atoms with van der Waals surface area (Å²) in [4.78, 5) is 29.3. The quantitative estimate of drug-likeness (QED) is 0.711. The summed E-state index contributed by atoms with van der Waals surface area (Å²) in [7, 11) is 3.08. The van der Waals surface area contributed by atoms with E-state index in [1.807, 2.05) is 18.2 Å². The number of rotatable bonds is 7. The summed E-state index contributed by atoms with van der Waals surface area (Å²) in [5.74, 6) is 0.794. The molecule has 3 amide bonds. The van der Waals surface area contributed by atoms with Crippen molar-refractivity contribution in [3.05, 3.63) is 54.1 Å². The van der Waals surface area contributed by atoms with E-state index in [-0.39, 0.29) is 11.9 Å². The van der Waals surface area contributed by atoms with E-state index in [1.54, 1.807) is 37.1 Å². The van der Waals surface area contributed by atoms with Crippen LogP contribution in [0.1, 0.15) is 12.5 Å². The van der Waals surface area contributed by atoms with Gasteiger partial charge in [-0.2, -0.15) is 0 Å². The zero-order chi connectivity index (χ0) is 22.2. The Balaban J connectivity index is 1.47. The normalized spacial score (nSPS) is 15.1. The summed E-state index contributed by atoms with van der Waals surface area (Å²) in [6.07, 6.45) is 0. The van der Waals surface area contributed by atoms with Gasteiger partial charge in [0.15, 0.2) is 0 Å². The Morgan fingerprint density at radius 1 is 1.00 bits per heavy atom. The first-order valence-electron chi connectivity index (χ1n) is 10.3. The standard InChI is InChI=1S/C23H30N4O4/c1-17(22(28)25-20-10-9-19(30-2)15-21(20)31-3)24-23(29)27-13-11-26(12-14-27)16-18-7-5-4-6-8-18/h4-10,15,17H,11-14,16H2,1-3H3,(H,24,29)(H,25,28). The van der Waals surface area contributed by atoms with Crippen LogP contribution in [0.4, 0.5) is 10.5 Å². The molecule has 1 fully saturated rings. The fraction of sp³-hybridized carbons (Fsp3) is 0.391. The Bertz CT molecular complexity index is 882. The van der Waals surface area contributed by atoms with Crippen LogP contribution in [0.25, 0.3) is 0 Å². The number of hydrogen-bond acceptors (Lipinski definition) is 5. The minimum Gasteiger partial charge on any atom is -0.497 e. The monoisotopic (exact) mass is 426 g/mol. The molecule has 1 aliphatic rings. The molecule has 2 aromatic carbocycles. The second-order valence-corrected chi connectivity index (χ2v) is 7.48. The van der Waals surface area contributed by atoms with E-state index in [0.29, 0.717) is 30.3 Å². The summed E-state index contributed by atoms with van der Waals surface area (Å²) in [5, 5.41) is 5.58. The van der Waals surface area contributed by atoms with Crippen molar-refractivity contribution in [1.82, 2.24) is 15.1 Å². The molecule has 31 heavy (non-hydrogen) atoms. The van der Waals surface area contributed by atoms with Gasteiger partial charge >= 0.3 is 6.03 Å². The second kappa shape index (κ2) is 10.7. The highest BCUT2D eigenvalue weighted by molar-refractivity contribution is 5.97. The molecule has 0 saturated carbocycles. The fourth-order valence-corrected chi connectivity index (χ4v) is 3.44. The van der Waals surface area contributed by atoms with Crippen LogP contribution in [0.5, 0.6) is 11.5 Å². The Morgan fingerprint density at radius 3 is 2.35 bits per heavy atom. The van der Waals surface area contributed by atoms with E-state index in [4.69, 9.17) is 9.47 Å². The highest BCUT2D eigenvalue weighted by Gasteiger charge is 2.24. The lowest BCUT2D eigenvalue weighted by Crippen LogP contribution is -2.54. The van der Waals surface area contributed by atoms with Gasteiger partial charge in [-0.15, -0.1) is 0 Å². The van der Waals surface area contributed by atoms with Crippen molar-refractivity contribution < 1.29 is 19.1 Å². The molecule has 166 valence electrons. The third kappa shape index (κ3) is 6.11. The number of anilines is 1. The first-order valence-corrected chi connectivity index (χ1v) is 10.3. The molecule has 2 N–H and O–H groups in total. The SMILES string of the molecule is COc1ccc(NC(=O)C(C)NC(=O)N2CCN(Cc3ccccc3)CC2)c(OC)c1. The average Bonchev–Trinajstić information content (AvgIpc) is 2.80. The summed E-state index contributed by atoms with van der Waals surface area (Å²) in [5.41, 5.74) is 1.78. The molecular weight excluding hydrogens is 396 g/mol. The lowest BCUT2D eigenvalue weighted by Gasteiger charge is -2.35. The summed E-state index contributed by atoms with van der Waals surface area (Å²) >= 11 is 0. The zero-order valence-electron chi connectivity index (χ0n) is 18.3. The van der Waals surface area contributed by atoms with Crippen molar-refractivity contribution in [3.63, 3.8) is 0 Å². The van der Waals surface area contributed by atoms with Crippen molar-refractivity contribution in [2.45, 2.75) is 19.5 Å². The number of hydrogen-bond donors (Lipinski definition) is 2. The van der Waals surface area contributed by atoms with Crippen LogP contribution in [0, 0.1) is 0 Å². The van der Waals surface area contributed by atoms with Crippen molar-refractivity contribution in [1.29, 1.82) is 0 Å². The first kappa shape index (κ1) is 22.4. The number of piperazine rings is 1. The highest BCUT2D eigenvalue weighted by atomic mass is 16.5. The van der Waals surface area contributed by atoms with Crippen LogP contribution in [0.2, 0.25) is 0 Å². The average molecular weight is 427 g/mol. The highest BCUT2D eigenvalue weighted by Crippen LogP contribution is 2.29. The van der Waals surface area contributed by atoms with Crippen LogP contribution >= 0.6 is 0 Å². The molecule has 0 aromatic heterocycles. The Hall–Kier alpha value is -3.26. The number of benzene rings is 2. The molecule has 1 aliphatic heterocycles. The number of amides is 3. The lowest BCUT2D eigenvalue weighted by molar-refractivity contribution is -0.117. The summed E-state index contributed by atoms with van der Waals surface area (Å²) in [6, 6.07) is 14.5. The maximum absolute atomic E-state index is 12.6.